The summed E-state index contributed by atoms with van der Waals surface area (Å²) >= 11 is 0. The summed E-state index contributed by atoms with van der Waals surface area (Å²) in [6.45, 7) is 8.60. The molecule has 9 heteroatoms. The van der Waals surface area contributed by atoms with E-state index in [0.717, 1.165) is 56.0 Å². The molecule has 3 heterocycles. The van der Waals surface area contributed by atoms with Crippen LogP contribution in [-0.4, -0.2) is 62.6 Å². The van der Waals surface area contributed by atoms with E-state index in [-0.39, 0.29) is 36.6 Å². The predicted molar refractivity (Wildman–Crippen MR) is 163 cm³/mol. The van der Waals surface area contributed by atoms with Crippen molar-refractivity contribution in [2.75, 3.05) is 19.6 Å². The van der Waals surface area contributed by atoms with Gasteiger partial charge in [0.25, 0.3) is 0 Å². The second-order valence-electron chi connectivity index (χ2n) is 11.3. The minimum absolute atomic E-state index is 0. The maximum atomic E-state index is 13.7. The van der Waals surface area contributed by atoms with E-state index in [1.54, 1.807) is 6.92 Å². The van der Waals surface area contributed by atoms with E-state index in [1.165, 1.54) is 24.8 Å². The lowest BCUT2D eigenvalue weighted by Crippen LogP contribution is -2.73. The summed E-state index contributed by atoms with van der Waals surface area (Å²) in [5.41, 5.74) is 3.66. The summed E-state index contributed by atoms with van der Waals surface area (Å²) in [6, 6.07) is 9.80. The van der Waals surface area contributed by atoms with Gasteiger partial charge in [-0.05, 0) is 58.1 Å². The van der Waals surface area contributed by atoms with Crippen molar-refractivity contribution in [2.45, 2.75) is 90.3 Å². The SMILES string of the molecule is CC#CCN1C(=O)[C@@H](CC2CCCCC2)NC(=O)C12CCN(Cc1c(C)nn(-c3ccccc3)c1C)CC2.Cl.Cl. The molecule has 0 bridgehead atoms. The van der Waals surface area contributed by atoms with Gasteiger partial charge in [-0.2, -0.15) is 5.10 Å². The molecule has 7 nitrogen and oxygen atoms in total. The molecule has 218 valence electrons. The zero-order chi connectivity index (χ0) is 26.7. The molecule has 1 saturated carbocycles. The first kappa shape index (κ1) is 32.0. The topological polar surface area (TPSA) is 70.5 Å². The lowest BCUT2D eigenvalue weighted by Gasteiger charge is -2.51. The van der Waals surface area contributed by atoms with E-state index < -0.39 is 11.6 Å². The largest absolute Gasteiger partial charge is 0.342 e. The average molecular weight is 589 g/mol. The molecule has 5 rings (SSSR count). The van der Waals surface area contributed by atoms with Crippen LogP contribution in [-0.2, 0) is 16.1 Å². The third-order valence-corrected chi connectivity index (χ3v) is 9.02. The number of piperidine rings is 1. The molecule has 1 aromatic carbocycles. The first-order valence-corrected chi connectivity index (χ1v) is 14.3. The van der Waals surface area contributed by atoms with Crippen LogP contribution in [0.1, 0.15) is 75.2 Å². The molecular formula is C31H43Cl2N5O2. The number of carbonyl (C=O) groups is 2. The lowest BCUT2D eigenvalue weighted by atomic mass is 9.79. The van der Waals surface area contributed by atoms with Crippen molar-refractivity contribution < 1.29 is 9.59 Å². The summed E-state index contributed by atoms with van der Waals surface area (Å²) in [4.78, 5) is 31.7. The monoisotopic (exact) mass is 587 g/mol. The third kappa shape index (κ3) is 6.35. The summed E-state index contributed by atoms with van der Waals surface area (Å²) in [7, 11) is 0. The fourth-order valence-corrected chi connectivity index (χ4v) is 6.71. The molecule has 1 spiro atoms. The van der Waals surface area contributed by atoms with Crippen LogP contribution < -0.4 is 5.32 Å². The maximum Gasteiger partial charge on any atom is 0.246 e. The third-order valence-electron chi connectivity index (χ3n) is 9.02. The molecule has 0 unspecified atom stereocenters. The zero-order valence-corrected chi connectivity index (χ0v) is 25.6. The molecule has 2 aliphatic heterocycles. The number of hydrogen-bond donors (Lipinski definition) is 1. The van der Waals surface area contributed by atoms with Gasteiger partial charge in [-0.25, -0.2) is 4.68 Å². The van der Waals surface area contributed by atoms with E-state index in [0.29, 0.717) is 25.3 Å². The number of aryl methyl sites for hydroxylation is 1. The average Bonchev–Trinajstić information content (AvgIpc) is 3.22. The molecule has 2 aromatic rings. The number of likely N-dealkylation sites (tertiary alicyclic amines) is 1. The Morgan fingerprint density at radius 3 is 2.35 bits per heavy atom. The predicted octanol–water partition coefficient (Wildman–Crippen LogP) is 4.99. The van der Waals surface area contributed by atoms with Gasteiger partial charge in [0, 0.05) is 30.9 Å². The van der Waals surface area contributed by atoms with Crippen LogP contribution >= 0.6 is 24.8 Å². The van der Waals surface area contributed by atoms with Gasteiger partial charge in [0.1, 0.15) is 11.6 Å². The van der Waals surface area contributed by atoms with E-state index in [4.69, 9.17) is 5.10 Å². The van der Waals surface area contributed by atoms with Gasteiger partial charge in [-0.15, -0.1) is 30.7 Å². The molecule has 1 aromatic heterocycles. The fraction of sp³-hybridized carbons (Fsp3) is 0.581. The number of benzene rings is 1. The summed E-state index contributed by atoms with van der Waals surface area (Å²) < 4.78 is 2.01. The van der Waals surface area contributed by atoms with Crippen LogP contribution in [0, 0.1) is 31.6 Å². The van der Waals surface area contributed by atoms with Crippen LogP contribution in [0.15, 0.2) is 30.3 Å². The highest BCUT2D eigenvalue weighted by atomic mass is 35.5. The molecule has 3 fully saturated rings. The minimum atomic E-state index is -0.807. The van der Waals surface area contributed by atoms with Crippen LogP contribution in [0.25, 0.3) is 5.69 Å². The Hall–Kier alpha value is -2.53. The van der Waals surface area contributed by atoms with E-state index in [2.05, 4.69) is 48.0 Å². The normalized spacial score (nSPS) is 21.2. The number of rotatable bonds is 6. The fourth-order valence-electron chi connectivity index (χ4n) is 6.71. The highest BCUT2D eigenvalue weighted by molar-refractivity contribution is 6.00. The Balaban J connectivity index is 0.00000220. The summed E-state index contributed by atoms with van der Waals surface area (Å²) in [5.74, 6) is 6.64. The summed E-state index contributed by atoms with van der Waals surface area (Å²) in [6.07, 6.45) is 8.07. The minimum Gasteiger partial charge on any atom is -0.342 e. The standard InChI is InChI=1S/C31H41N5O2.2ClH/c1-4-5-18-35-29(37)28(21-25-12-8-6-9-13-25)32-30(38)31(35)16-19-34(20-17-31)22-27-23(2)33-36(24(27)3)26-14-10-7-11-15-26;;/h7,10-11,14-15,25,28H,6,8-9,12-13,16-22H2,1-3H3,(H,32,38);2*1H/t28-;;/m1../s1. The summed E-state index contributed by atoms with van der Waals surface area (Å²) in [5, 5.41) is 7.99. The number of carbonyl (C=O) groups excluding carboxylic acids is 2. The zero-order valence-electron chi connectivity index (χ0n) is 23.9. The molecule has 1 N–H and O–H groups in total. The van der Waals surface area contributed by atoms with Crippen LogP contribution in [0.3, 0.4) is 0 Å². The number of hydrogen-bond acceptors (Lipinski definition) is 4. The van der Waals surface area contributed by atoms with Crippen LogP contribution in [0.2, 0.25) is 0 Å². The first-order chi connectivity index (χ1) is 18.4. The van der Waals surface area contributed by atoms with Gasteiger partial charge in [-0.3, -0.25) is 14.5 Å². The maximum absolute atomic E-state index is 13.7. The quantitative estimate of drug-likeness (QED) is 0.483. The second-order valence-corrected chi connectivity index (χ2v) is 11.3. The van der Waals surface area contributed by atoms with Gasteiger partial charge in [0.05, 0.1) is 17.9 Å². The number of nitrogens with one attached hydrogen (secondary N) is 1. The van der Waals surface area contributed by atoms with Crippen LogP contribution in [0.5, 0.6) is 0 Å². The van der Waals surface area contributed by atoms with Crippen molar-refractivity contribution in [3.05, 3.63) is 47.3 Å². The molecule has 3 aliphatic rings. The molecule has 1 atom stereocenters. The van der Waals surface area contributed by atoms with Crippen LogP contribution in [0.4, 0.5) is 0 Å². The second kappa shape index (κ2) is 13.9. The van der Waals surface area contributed by atoms with Gasteiger partial charge >= 0.3 is 0 Å². The van der Waals surface area contributed by atoms with Crippen molar-refractivity contribution in [1.82, 2.24) is 24.9 Å². The van der Waals surface area contributed by atoms with E-state index in [1.807, 2.05) is 27.8 Å². The number of aromatic nitrogens is 2. The van der Waals surface area contributed by atoms with Crippen molar-refractivity contribution >= 4 is 36.6 Å². The Morgan fingerprint density at radius 1 is 1.02 bits per heavy atom. The van der Waals surface area contributed by atoms with E-state index >= 15 is 0 Å². The Kier molecular flexibility index (Phi) is 11.1. The first-order valence-electron chi connectivity index (χ1n) is 14.3. The highest BCUT2D eigenvalue weighted by Crippen LogP contribution is 2.36. The molecule has 2 amide bonds. The van der Waals surface area contributed by atoms with Crippen molar-refractivity contribution in [3.63, 3.8) is 0 Å². The molecular weight excluding hydrogens is 545 g/mol. The Labute approximate surface area is 251 Å². The molecule has 40 heavy (non-hydrogen) atoms. The lowest BCUT2D eigenvalue weighted by molar-refractivity contribution is -0.160. The number of piperazine rings is 1. The van der Waals surface area contributed by atoms with Gasteiger partial charge in [0.15, 0.2) is 0 Å². The number of nitrogens with zero attached hydrogens (tertiary/aromatic N) is 4. The van der Waals surface area contributed by atoms with Gasteiger partial charge in [-0.1, -0.05) is 56.2 Å². The smallest absolute Gasteiger partial charge is 0.246 e. The van der Waals surface area contributed by atoms with Crippen molar-refractivity contribution in [3.8, 4) is 17.5 Å². The number of amides is 2. The highest BCUT2D eigenvalue weighted by Gasteiger charge is 2.53. The van der Waals surface area contributed by atoms with Gasteiger partial charge < -0.3 is 10.2 Å². The Morgan fingerprint density at radius 2 is 1.70 bits per heavy atom. The van der Waals surface area contributed by atoms with Crippen molar-refractivity contribution in [1.29, 1.82) is 0 Å². The molecule has 2 saturated heterocycles. The van der Waals surface area contributed by atoms with Gasteiger partial charge in [0.2, 0.25) is 11.8 Å². The van der Waals surface area contributed by atoms with E-state index in [9.17, 15) is 9.59 Å². The number of halogens is 2. The van der Waals surface area contributed by atoms with Crippen molar-refractivity contribution in [2.24, 2.45) is 5.92 Å². The molecule has 1 aliphatic carbocycles. The molecule has 0 radical (unpaired) electrons. The number of para-hydroxylation sites is 1. The Bertz CT molecular complexity index is 1220.